The zero-order valence-electron chi connectivity index (χ0n) is 10.1. The highest BCUT2D eigenvalue weighted by Gasteiger charge is 2.40. The van der Waals surface area contributed by atoms with Crippen molar-refractivity contribution >= 4 is 17.2 Å². The van der Waals surface area contributed by atoms with Gasteiger partial charge in [0.15, 0.2) is 0 Å². The molecule has 0 saturated carbocycles. The maximum Gasteiger partial charge on any atom is 0.454 e. The van der Waals surface area contributed by atoms with E-state index in [0.717, 1.165) is 18.2 Å². The molecule has 0 aliphatic heterocycles. The van der Waals surface area contributed by atoms with E-state index in [1.54, 1.807) is 30.3 Å². The summed E-state index contributed by atoms with van der Waals surface area (Å²) < 4.78 is 37.5. The van der Waals surface area contributed by atoms with Crippen molar-refractivity contribution in [1.29, 1.82) is 0 Å². The molecule has 0 bridgehead atoms. The van der Waals surface area contributed by atoms with Crippen LogP contribution in [0.25, 0.3) is 0 Å². The molecule has 0 aliphatic carbocycles. The number of nitrogens with one attached hydrogen (secondary N) is 1. The zero-order valence-corrected chi connectivity index (χ0v) is 10.1. The quantitative estimate of drug-likeness (QED) is 0.839. The summed E-state index contributed by atoms with van der Waals surface area (Å²) in [4.78, 5) is 11.3. The van der Waals surface area contributed by atoms with E-state index in [-0.39, 0.29) is 11.4 Å². The fraction of sp³-hybridized carbons (Fsp3) is 0.0714. The Morgan fingerprint density at radius 3 is 2.30 bits per heavy atom. The minimum Gasteiger partial charge on any atom is -0.508 e. The van der Waals surface area contributed by atoms with Gasteiger partial charge in [0, 0.05) is 11.8 Å². The molecule has 20 heavy (non-hydrogen) atoms. The van der Waals surface area contributed by atoms with Gasteiger partial charge in [-0.25, -0.2) is 0 Å². The fourth-order valence-electron chi connectivity index (χ4n) is 1.66. The number of para-hydroxylation sites is 1. The first-order valence-electron chi connectivity index (χ1n) is 5.64. The molecule has 0 atom stereocenters. The largest absolute Gasteiger partial charge is 0.508 e. The summed E-state index contributed by atoms with van der Waals surface area (Å²) in [5.41, 5.74) is -0.132. The van der Waals surface area contributed by atoms with Gasteiger partial charge in [-0.05, 0) is 24.3 Å². The summed E-state index contributed by atoms with van der Waals surface area (Å²) in [6, 6.07) is 11.4. The van der Waals surface area contributed by atoms with E-state index in [1.807, 2.05) is 0 Å². The van der Waals surface area contributed by atoms with Gasteiger partial charge in [-0.3, -0.25) is 4.79 Å². The number of hydrogen-bond acceptors (Lipinski definition) is 3. The third kappa shape index (κ3) is 3.09. The molecule has 0 saturated heterocycles. The lowest BCUT2D eigenvalue weighted by Crippen LogP contribution is -2.23. The smallest absolute Gasteiger partial charge is 0.454 e. The number of Topliss-reactive ketones (excluding diaryl/α,β-unsaturated/α-hetero) is 1. The van der Waals surface area contributed by atoms with Crippen molar-refractivity contribution in [3.63, 3.8) is 0 Å². The van der Waals surface area contributed by atoms with Crippen molar-refractivity contribution in [1.82, 2.24) is 0 Å². The van der Waals surface area contributed by atoms with Crippen molar-refractivity contribution < 1.29 is 23.1 Å². The molecule has 2 N–H and O–H groups in total. The lowest BCUT2D eigenvalue weighted by atomic mass is 10.1. The molecule has 0 amide bonds. The zero-order chi connectivity index (χ0) is 14.8. The second kappa shape index (κ2) is 5.24. The van der Waals surface area contributed by atoms with E-state index in [4.69, 9.17) is 0 Å². The Morgan fingerprint density at radius 2 is 1.70 bits per heavy atom. The van der Waals surface area contributed by atoms with Gasteiger partial charge in [-0.2, -0.15) is 13.2 Å². The van der Waals surface area contributed by atoms with Crippen LogP contribution in [-0.2, 0) is 0 Å². The van der Waals surface area contributed by atoms with Gasteiger partial charge < -0.3 is 10.4 Å². The van der Waals surface area contributed by atoms with Gasteiger partial charge in [0.05, 0.1) is 11.3 Å². The normalized spacial score (nSPS) is 11.2. The average Bonchev–Trinajstić information content (AvgIpc) is 2.38. The van der Waals surface area contributed by atoms with Crippen LogP contribution in [0.1, 0.15) is 10.4 Å². The van der Waals surface area contributed by atoms with Crippen molar-refractivity contribution in [2.75, 3.05) is 5.32 Å². The maximum atomic E-state index is 12.5. The summed E-state index contributed by atoms with van der Waals surface area (Å²) in [5, 5.41) is 12.1. The number of benzene rings is 2. The molecule has 2 aromatic carbocycles. The number of aromatic hydroxyl groups is 1. The summed E-state index contributed by atoms with van der Waals surface area (Å²) in [7, 11) is 0. The standard InChI is InChI=1S/C14H10F3NO2/c15-14(16,17)13(20)11-7-6-10(19)8-12(11)18-9-4-2-1-3-5-9/h1-8,18-19H. The number of phenols is 1. The van der Waals surface area contributed by atoms with E-state index in [9.17, 15) is 23.1 Å². The van der Waals surface area contributed by atoms with E-state index < -0.39 is 17.5 Å². The van der Waals surface area contributed by atoms with Gasteiger partial charge in [0.1, 0.15) is 5.75 Å². The fourth-order valence-corrected chi connectivity index (χ4v) is 1.66. The van der Waals surface area contributed by atoms with E-state index in [0.29, 0.717) is 5.69 Å². The van der Waals surface area contributed by atoms with Crippen LogP contribution < -0.4 is 5.32 Å². The monoisotopic (exact) mass is 281 g/mol. The number of carbonyl (C=O) groups excluding carboxylic acids is 1. The first-order chi connectivity index (χ1) is 9.38. The molecule has 0 spiro atoms. The Hall–Kier alpha value is -2.50. The molecule has 3 nitrogen and oxygen atoms in total. The Bertz CT molecular complexity index is 624. The molecule has 0 aliphatic rings. The Balaban J connectivity index is 2.41. The predicted molar refractivity (Wildman–Crippen MR) is 68.2 cm³/mol. The average molecular weight is 281 g/mol. The molecular weight excluding hydrogens is 271 g/mol. The number of hydrogen-bond donors (Lipinski definition) is 2. The number of ketones is 1. The van der Waals surface area contributed by atoms with Crippen LogP contribution in [0.4, 0.5) is 24.5 Å². The SMILES string of the molecule is O=C(c1ccc(O)cc1Nc1ccccc1)C(F)(F)F. The first-order valence-corrected chi connectivity index (χ1v) is 5.64. The van der Waals surface area contributed by atoms with Crippen LogP contribution in [0, 0.1) is 0 Å². The number of phenolic OH excluding ortho intramolecular Hbond substituents is 1. The van der Waals surface area contributed by atoms with Crippen LogP contribution in [0.3, 0.4) is 0 Å². The van der Waals surface area contributed by atoms with E-state index in [1.165, 1.54) is 0 Å². The number of anilines is 2. The highest BCUT2D eigenvalue weighted by molar-refractivity contribution is 6.05. The molecule has 0 fully saturated rings. The molecule has 2 rings (SSSR count). The van der Waals surface area contributed by atoms with Gasteiger partial charge in [0.25, 0.3) is 5.78 Å². The highest BCUT2D eigenvalue weighted by atomic mass is 19.4. The van der Waals surface area contributed by atoms with Gasteiger partial charge >= 0.3 is 6.18 Å². The molecule has 0 heterocycles. The predicted octanol–water partition coefficient (Wildman–Crippen LogP) is 3.88. The number of carbonyl (C=O) groups is 1. The lowest BCUT2D eigenvalue weighted by Gasteiger charge is -2.13. The van der Waals surface area contributed by atoms with Crippen molar-refractivity contribution in [2.24, 2.45) is 0 Å². The third-order valence-electron chi connectivity index (χ3n) is 2.56. The second-order valence-electron chi connectivity index (χ2n) is 4.05. The molecule has 2 aromatic rings. The van der Waals surface area contributed by atoms with Crippen molar-refractivity contribution in [2.45, 2.75) is 6.18 Å². The van der Waals surface area contributed by atoms with Crippen molar-refractivity contribution in [3.05, 3.63) is 54.1 Å². The van der Waals surface area contributed by atoms with E-state index >= 15 is 0 Å². The first kappa shape index (κ1) is 13.9. The van der Waals surface area contributed by atoms with Gasteiger partial charge in [0.2, 0.25) is 0 Å². The topological polar surface area (TPSA) is 49.3 Å². The molecule has 0 radical (unpaired) electrons. The van der Waals surface area contributed by atoms with Crippen LogP contribution in [0.2, 0.25) is 0 Å². The molecule has 104 valence electrons. The Morgan fingerprint density at radius 1 is 1.05 bits per heavy atom. The van der Waals surface area contributed by atoms with Crippen LogP contribution in [-0.4, -0.2) is 17.1 Å². The molecule has 0 unspecified atom stereocenters. The third-order valence-corrected chi connectivity index (χ3v) is 2.56. The number of rotatable bonds is 3. The second-order valence-corrected chi connectivity index (χ2v) is 4.05. The number of alkyl halides is 3. The summed E-state index contributed by atoms with van der Waals surface area (Å²) in [5.74, 6) is -2.20. The number of halogens is 3. The van der Waals surface area contributed by atoms with Crippen molar-refractivity contribution in [3.8, 4) is 5.75 Å². The summed E-state index contributed by atoms with van der Waals surface area (Å²) in [6.45, 7) is 0. The van der Waals surface area contributed by atoms with Crippen LogP contribution in [0.15, 0.2) is 48.5 Å². The van der Waals surface area contributed by atoms with Gasteiger partial charge in [-0.15, -0.1) is 0 Å². The summed E-state index contributed by atoms with van der Waals surface area (Å²) in [6.07, 6.45) is -4.97. The lowest BCUT2D eigenvalue weighted by molar-refractivity contribution is -0.0884. The molecule has 0 aromatic heterocycles. The maximum absolute atomic E-state index is 12.5. The van der Waals surface area contributed by atoms with Crippen LogP contribution >= 0.6 is 0 Å². The van der Waals surface area contributed by atoms with Gasteiger partial charge in [-0.1, -0.05) is 18.2 Å². The summed E-state index contributed by atoms with van der Waals surface area (Å²) >= 11 is 0. The van der Waals surface area contributed by atoms with Crippen LogP contribution in [0.5, 0.6) is 5.75 Å². The van der Waals surface area contributed by atoms with E-state index in [2.05, 4.69) is 5.32 Å². The Labute approximate surface area is 112 Å². The Kier molecular flexibility index (Phi) is 3.65. The highest BCUT2D eigenvalue weighted by Crippen LogP contribution is 2.30. The minimum absolute atomic E-state index is 0.0986. The molecule has 6 heteroatoms. The molecular formula is C14H10F3NO2. The minimum atomic E-state index is -4.97.